The first kappa shape index (κ1) is 21.2. The number of nitrogens with zero attached hydrogens (tertiary/aromatic N) is 1. The Morgan fingerprint density at radius 1 is 1.00 bits per heavy atom. The summed E-state index contributed by atoms with van der Waals surface area (Å²) in [6.45, 7) is 1.95. The number of nitrogens with one attached hydrogen (secondary N) is 1. The zero-order valence-corrected chi connectivity index (χ0v) is 17.2. The van der Waals surface area contributed by atoms with Crippen molar-refractivity contribution < 1.29 is 14.3 Å². The molecular weight excluding hydrogens is 400 g/mol. The number of benzene rings is 3. The highest BCUT2D eigenvalue weighted by Crippen LogP contribution is 2.26. The van der Waals surface area contributed by atoms with Crippen LogP contribution in [0.2, 0.25) is 5.02 Å². The van der Waals surface area contributed by atoms with Crippen LogP contribution < -0.4 is 10.1 Å². The number of hydrogen-bond donors (Lipinski definition) is 1. The van der Waals surface area contributed by atoms with Crippen molar-refractivity contribution in [3.8, 4) is 17.6 Å². The molecule has 0 spiro atoms. The predicted octanol–water partition coefficient (Wildman–Crippen LogP) is 6.57. The van der Waals surface area contributed by atoms with E-state index >= 15 is 0 Å². The number of amides is 1. The zero-order valence-electron chi connectivity index (χ0n) is 16.4. The number of alkyl carbamates (subject to hydrolysis) is 1. The largest absolute Gasteiger partial charge is 0.457 e. The van der Waals surface area contributed by atoms with Crippen LogP contribution in [0.1, 0.15) is 36.6 Å². The fourth-order valence-corrected chi connectivity index (χ4v) is 3.06. The van der Waals surface area contributed by atoms with E-state index in [9.17, 15) is 10.1 Å². The maximum Gasteiger partial charge on any atom is 0.409 e. The molecule has 0 radical (unpaired) electrons. The van der Waals surface area contributed by atoms with Gasteiger partial charge in [0.15, 0.2) is 0 Å². The standard InChI is InChI=1S/C24H21ClN2O3/c1-2-22(17-11-13-19(25)14-12-17)27-24(28)30-23(16-26)18-7-6-10-21(15-18)29-20-8-4-3-5-9-20/h3-15,22-23H,2H2,1H3,(H,27,28). The van der Waals surface area contributed by atoms with E-state index in [1.165, 1.54) is 0 Å². The number of para-hydroxylation sites is 1. The predicted molar refractivity (Wildman–Crippen MR) is 115 cm³/mol. The highest BCUT2D eigenvalue weighted by Gasteiger charge is 2.20. The molecule has 0 aliphatic rings. The van der Waals surface area contributed by atoms with Crippen molar-refractivity contribution in [3.05, 3.63) is 95.0 Å². The normalized spacial score (nSPS) is 12.3. The summed E-state index contributed by atoms with van der Waals surface area (Å²) < 4.78 is 11.2. The number of halogens is 1. The molecule has 5 nitrogen and oxygen atoms in total. The molecule has 0 bridgehead atoms. The molecule has 1 N–H and O–H groups in total. The summed E-state index contributed by atoms with van der Waals surface area (Å²) in [6, 6.07) is 25.2. The number of rotatable bonds is 7. The third kappa shape index (κ3) is 5.76. The highest BCUT2D eigenvalue weighted by atomic mass is 35.5. The van der Waals surface area contributed by atoms with Gasteiger partial charge in [0.1, 0.15) is 17.6 Å². The molecule has 0 saturated heterocycles. The summed E-state index contributed by atoms with van der Waals surface area (Å²) in [5.74, 6) is 1.23. The van der Waals surface area contributed by atoms with Crippen molar-refractivity contribution in [3.63, 3.8) is 0 Å². The third-order valence-electron chi connectivity index (χ3n) is 4.45. The molecule has 0 fully saturated rings. The maximum absolute atomic E-state index is 12.4. The van der Waals surface area contributed by atoms with Crippen LogP contribution >= 0.6 is 11.6 Å². The van der Waals surface area contributed by atoms with Gasteiger partial charge < -0.3 is 14.8 Å². The van der Waals surface area contributed by atoms with Crippen LogP contribution in [0.5, 0.6) is 11.5 Å². The Hall–Kier alpha value is -3.49. The molecule has 30 heavy (non-hydrogen) atoms. The van der Waals surface area contributed by atoms with Gasteiger partial charge in [-0.3, -0.25) is 0 Å². The van der Waals surface area contributed by atoms with Crippen LogP contribution in [0.4, 0.5) is 4.79 Å². The van der Waals surface area contributed by atoms with Crippen molar-refractivity contribution in [2.75, 3.05) is 0 Å². The van der Waals surface area contributed by atoms with Crippen LogP contribution in [-0.2, 0) is 4.74 Å². The fourth-order valence-electron chi connectivity index (χ4n) is 2.93. The Bertz CT molecular complexity index is 1020. The summed E-state index contributed by atoms with van der Waals surface area (Å²) in [4.78, 5) is 12.4. The fraction of sp³-hybridized carbons (Fsp3) is 0.167. The summed E-state index contributed by atoms with van der Waals surface area (Å²) in [7, 11) is 0. The second-order valence-corrected chi connectivity index (χ2v) is 7.00. The Morgan fingerprint density at radius 2 is 1.70 bits per heavy atom. The van der Waals surface area contributed by atoms with Crippen molar-refractivity contribution in [1.29, 1.82) is 5.26 Å². The Morgan fingerprint density at radius 3 is 2.37 bits per heavy atom. The average molecular weight is 421 g/mol. The second-order valence-electron chi connectivity index (χ2n) is 6.56. The average Bonchev–Trinajstić information content (AvgIpc) is 2.77. The van der Waals surface area contributed by atoms with Crippen LogP contribution in [0.25, 0.3) is 0 Å². The monoisotopic (exact) mass is 420 g/mol. The molecule has 0 aromatic heterocycles. The number of hydrogen-bond acceptors (Lipinski definition) is 4. The third-order valence-corrected chi connectivity index (χ3v) is 4.71. The molecule has 2 unspecified atom stereocenters. The Balaban J connectivity index is 1.67. The number of ether oxygens (including phenoxy) is 2. The molecule has 1 amide bonds. The highest BCUT2D eigenvalue weighted by molar-refractivity contribution is 6.30. The van der Waals surface area contributed by atoms with Gasteiger partial charge in [0.2, 0.25) is 6.10 Å². The lowest BCUT2D eigenvalue weighted by molar-refractivity contribution is 0.119. The van der Waals surface area contributed by atoms with E-state index in [-0.39, 0.29) is 6.04 Å². The van der Waals surface area contributed by atoms with Crippen LogP contribution in [0.3, 0.4) is 0 Å². The first-order valence-corrected chi connectivity index (χ1v) is 9.92. The zero-order chi connectivity index (χ0) is 21.3. The van der Waals surface area contributed by atoms with E-state index in [4.69, 9.17) is 21.1 Å². The van der Waals surface area contributed by atoms with Crippen LogP contribution in [0.15, 0.2) is 78.9 Å². The molecule has 6 heteroatoms. The molecule has 0 saturated carbocycles. The minimum absolute atomic E-state index is 0.248. The van der Waals surface area contributed by atoms with E-state index in [0.717, 1.165) is 5.56 Å². The van der Waals surface area contributed by atoms with E-state index in [2.05, 4.69) is 5.32 Å². The lowest BCUT2D eigenvalue weighted by Gasteiger charge is -2.19. The molecule has 3 rings (SSSR count). The van der Waals surface area contributed by atoms with Gasteiger partial charge in [-0.1, -0.05) is 61.0 Å². The molecule has 3 aromatic rings. The Kier molecular flexibility index (Phi) is 7.31. The van der Waals surface area contributed by atoms with Gasteiger partial charge in [-0.2, -0.15) is 5.26 Å². The van der Waals surface area contributed by atoms with Crippen molar-refractivity contribution in [2.45, 2.75) is 25.5 Å². The van der Waals surface area contributed by atoms with Gasteiger partial charge in [0, 0.05) is 10.6 Å². The number of nitriles is 1. The quantitative estimate of drug-likeness (QED) is 0.469. The summed E-state index contributed by atoms with van der Waals surface area (Å²) in [5.41, 5.74) is 1.44. The summed E-state index contributed by atoms with van der Waals surface area (Å²) >= 11 is 5.93. The van der Waals surface area contributed by atoms with E-state index in [1.807, 2.05) is 55.5 Å². The molecular formula is C24H21ClN2O3. The van der Waals surface area contributed by atoms with Crippen molar-refractivity contribution >= 4 is 17.7 Å². The van der Waals surface area contributed by atoms with Crippen LogP contribution in [0, 0.1) is 11.3 Å². The van der Waals surface area contributed by atoms with Gasteiger partial charge in [0.25, 0.3) is 0 Å². The van der Waals surface area contributed by atoms with Gasteiger partial charge in [0.05, 0.1) is 6.04 Å². The molecule has 0 heterocycles. The van der Waals surface area contributed by atoms with E-state index < -0.39 is 12.2 Å². The lowest BCUT2D eigenvalue weighted by Crippen LogP contribution is -2.29. The molecule has 0 aliphatic heterocycles. The molecule has 2 atom stereocenters. The smallest absolute Gasteiger partial charge is 0.409 e. The topological polar surface area (TPSA) is 71.3 Å². The minimum Gasteiger partial charge on any atom is -0.457 e. The minimum atomic E-state index is -1.06. The molecule has 152 valence electrons. The molecule has 0 aliphatic carbocycles. The lowest BCUT2D eigenvalue weighted by atomic mass is 10.1. The number of carbonyl (C=O) groups is 1. The van der Waals surface area contributed by atoms with Crippen LogP contribution in [-0.4, -0.2) is 6.09 Å². The summed E-state index contributed by atoms with van der Waals surface area (Å²) in [5, 5.41) is 13.0. The van der Waals surface area contributed by atoms with Gasteiger partial charge in [-0.25, -0.2) is 4.79 Å². The summed E-state index contributed by atoms with van der Waals surface area (Å²) in [6.07, 6.45) is -1.07. The maximum atomic E-state index is 12.4. The SMILES string of the molecule is CCC(NC(=O)OC(C#N)c1cccc(Oc2ccccc2)c1)c1ccc(Cl)cc1. The van der Waals surface area contributed by atoms with Crippen molar-refractivity contribution in [1.82, 2.24) is 5.32 Å². The van der Waals surface area contributed by atoms with Gasteiger partial charge >= 0.3 is 6.09 Å². The first-order chi connectivity index (χ1) is 14.6. The first-order valence-electron chi connectivity index (χ1n) is 9.54. The van der Waals surface area contributed by atoms with Crippen molar-refractivity contribution in [2.24, 2.45) is 0 Å². The van der Waals surface area contributed by atoms with E-state index in [0.29, 0.717) is 28.5 Å². The van der Waals surface area contributed by atoms with Gasteiger partial charge in [-0.05, 0) is 48.4 Å². The van der Waals surface area contributed by atoms with E-state index in [1.54, 1.807) is 36.4 Å². The molecule has 3 aromatic carbocycles. The Labute approximate surface area is 180 Å². The van der Waals surface area contributed by atoms with Gasteiger partial charge in [-0.15, -0.1) is 0 Å². The second kappa shape index (κ2) is 10.3. The number of carbonyl (C=O) groups excluding carboxylic acids is 1.